The van der Waals surface area contributed by atoms with E-state index < -0.39 is 5.56 Å². The lowest BCUT2D eigenvalue weighted by atomic mass is 10.0. The second-order valence-corrected chi connectivity index (χ2v) is 9.49. The van der Waals surface area contributed by atoms with Gasteiger partial charge >= 0.3 is 0 Å². The summed E-state index contributed by atoms with van der Waals surface area (Å²) in [5.41, 5.74) is 1.67. The van der Waals surface area contributed by atoms with Crippen LogP contribution in [0.15, 0.2) is 62.8 Å². The SMILES string of the molecule is Cc1c(/C=C2\SC(=S)N(C(C)c3ccccc3)C2=O)c(NCc2ccco2)n(C)c(=O)c1C#N. The zero-order valence-electron chi connectivity index (χ0n) is 18.9. The molecule has 3 aromatic rings. The molecule has 1 amide bonds. The summed E-state index contributed by atoms with van der Waals surface area (Å²) in [6.45, 7) is 3.97. The second kappa shape index (κ2) is 9.71. The minimum atomic E-state index is -0.413. The first-order chi connectivity index (χ1) is 16.3. The normalized spacial score (nSPS) is 15.6. The number of aromatic nitrogens is 1. The monoisotopic (exact) mass is 490 g/mol. The van der Waals surface area contributed by atoms with Crippen LogP contribution in [0.2, 0.25) is 0 Å². The van der Waals surface area contributed by atoms with E-state index in [1.54, 1.807) is 37.3 Å². The number of pyridine rings is 1. The highest BCUT2D eigenvalue weighted by molar-refractivity contribution is 8.26. The van der Waals surface area contributed by atoms with Crippen LogP contribution in [0.1, 0.15) is 41.0 Å². The van der Waals surface area contributed by atoms with Gasteiger partial charge in [0.15, 0.2) is 0 Å². The van der Waals surface area contributed by atoms with Gasteiger partial charge in [0.25, 0.3) is 11.5 Å². The number of carbonyl (C=O) groups excluding carboxylic acids is 1. The van der Waals surface area contributed by atoms with Crippen LogP contribution in [0.3, 0.4) is 0 Å². The van der Waals surface area contributed by atoms with Crippen molar-refractivity contribution in [3.63, 3.8) is 0 Å². The van der Waals surface area contributed by atoms with Crippen molar-refractivity contribution in [3.05, 3.63) is 92.0 Å². The van der Waals surface area contributed by atoms with Crippen LogP contribution in [0.25, 0.3) is 6.08 Å². The van der Waals surface area contributed by atoms with E-state index in [1.165, 1.54) is 16.3 Å². The lowest BCUT2D eigenvalue weighted by Crippen LogP contribution is -2.31. The Labute approximate surface area is 206 Å². The predicted molar refractivity (Wildman–Crippen MR) is 137 cm³/mol. The number of amides is 1. The number of carbonyl (C=O) groups is 1. The molecule has 0 radical (unpaired) electrons. The van der Waals surface area contributed by atoms with Gasteiger partial charge in [-0.2, -0.15) is 5.26 Å². The Morgan fingerprint density at radius 1 is 1.24 bits per heavy atom. The Hall–Kier alpha value is -3.61. The van der Waals surface area contributed by atoms with Crippen molar-refractivity contribution in [1.29, 1.82) is 5.26 Å². The molecule has 1 unspecified atom stereocenters. The molecule has 0 spiro atoms. The summed E-state index contributed by atoms with van der Waals surface area (Å²) in [5, 5.41) is 12.8. The Bertz CT molecular complexity index is 1390. The average Bonchev–Trinajstić information content (AvgIpc) is 3.45. The van der Waals surface area contributed by atoms with Gasteiger partial charge in [0.1, 0.15) is 27.5 Å². The first kappa shape index (κ1) is 23.5. The largest absolute Gasteiger partial charge is 0.467 e. The summed E-state index contributed by atoms with van der Waals surface area (Å²) in [6.07, 6.45) is 3.28. The van der Waals surface area contributed by atoms with Crippen LogP contribution in [0, 0.1) is 18.3 Å². The lowest BCUT2D eigenvalue weighted by molar-refractivity contribution is -0.123. The fourth-order valence-corrected chi connectivity index (χ4v) is 5.25. The number of furan rings is 1. The van der Waals surface area contributed by atoms with Gasteiger partial charge in [-0.1, -0.05) is 54.3 Å². The molecular weight excluding hydrogens is 468 g/mol. The highest BCUT2D eigenvalue weighted by atomic mass is 32.2. The number of benzene rings is 1. The van der Waals surface area contributed by atoms with Gasteiger partial charge in [0.05, 0.1) is 23.8 Å². The molecule has 0 aliphatic carbocycles. The molecule has 1 aliphatic heterocycles. The standard InChI is InChI=1S/C25H22N4O3S2/c1-15-19(22(27-14-18-10-7-11-32-18)28(3)23(30)20(15)13-26)12-21-24(31)29(25(33)34-21)16(2)17-8-5-4-6-9-17/h4-12,16,27H,14H2,1-3H3/b21-12-. The quantitative estimate of drug-likeness (QED) is 0.394. The molecule has 1 fully saturated rings. The van der Waals surface area contributed by atoms with E-state index in [1.807, 2.05) is 49.4 Å². The lowest BCUT2D eigenvalue weighted by Gasteiger charge is -2.23. The number of nitrogens with one attached hydrogen (secondary N) is 1. The zero-order chi connectivity index (χ0) is 24.4. The number of anilines is 1. The third kappa shape index (κ3) is 4.30. The Balaban J connectivity index is 1.76. The van der Waals surface area contributed by atoms with E-state index in [2.05, 4.69) is 5.32 Å². The highest BCUT2D eigenvalue weighted by Gasteiger charge is 2.36. The van der Waals surface area contributed by atoms with Gasteiger partial charge in [0.2, 0.25) is 0 Å². The molecule has 9 heteroatoms. The second-order valence-electron chi connectivity index (χ2n) is 7.81. The molecule has 0 bridgehead atoms. The van der Waals surface area contributed by atoms with Crippen molar-refractivity contribution in [2.24, 2.45) is 7.05 Å². The topological polar surface area (TPSA) is 91.3 Å². The summed E-state index contributed by atoms with van der Waals surface area (Å²) < 4.78 is 7.23. The van der Waals surface area contributed by atoms with Crippen molar-refractivity contribution in [2.45, 2.75) is 26.4 Å². The third-order valence-electron chi connectivity index (χ3n) is 5.78. The molecule has 4 rings (SSSR count). The molecular formula is C25H22N4O3S2. The Kier molecular flexibility index (Phi) is 6.72. The van der Waals surface area contributed by atoms with Crippen LogP contribution in [0.4, 0.5) is 5.82 Å². The van der Waals surface area contributed by atoms with Gasteiger partial charge in [0, 0.05) is 12.6 Å². The molecule has 172 valence electrons. The zero-order valence-corrected chi connectivity index (χ0v) is 20.5. The van der Waals surface area contributed by atoms with Gasteiger partial charge in [-0.05, 0) is 43.2 Å². The molecule has 0 saturated carbocycles. The van der Waals surface area contributed by atoms with Gasteiger partial charge in [-0.15, -0.1) is 0 Å². The van der Waals surface area contributed by atoms with Crippen molar-refractivity contribution in [2.75, 3.05) is 5.32 Å². The van der Waals surface area contributed by atoms with E-state index in [4.69, 9.17) is 16.6 Å². The van der Waals surface area contributed by atoms with Gasteiger partial charge in [-0.3, -0.25) is 19.1 Å². The maximum atomic E-state index is 13.4. The molecule has 1 saturated heterocycles. The Morgan fingerprint density at radius 2 is 1.97 bits per heavy atom. The summed E-state index contributed by atoms with van der Waals surface area (Å²) in [7, 11) is 1.59. The fourth-order valence-electron chi connectivity index (χ4n) is 3.85. The molecule has 7 nitrogen and oxygen atoms in total. The minimum Gasteiger partial charge on any atom is -0.467 e. The van der Waals surface area contributed by atoms with Crippen molar-refractivity contribution >= 4 is 46.1 Å². The van der Waals surface area contributed by atoms with Gasteiger partial charge in [-0.25, -0.2) is 0 Å². The number of hydrogen-bond acceptors (Lipinski definition) is 7. The molecule has 3 heterocycles. The van der Waals surface area contributed by atoms with E-state index in [0.717, 1.165) is 5.56 Å². The summed E-state index contributed by atoms with van der Waals surface area (Å²) in [6, 6.07) is 15.1. The number of rotatable bonds is 6. The van der Waals surface area contributed by atoms with E-state index >= 15 is 0 Å². The van der Waals surface area contributed by atoms with Crippen LogP contribution < -0.4 is 10.9 Å². The van der Waals surface area contributed by atoms with E-state index in [9.17, 15) is 14.9 Å². The summed E-state index contributed by atoms with van der Waals surface area (Å²) in [4.78, 5) is 28.2. The predicted octanol–water partition coefficient (Wildman–Crippen LogP) is 4.73. The molecule has 34 heavy (non-hydrogen) atoms. The van der Waals surface area contributed by atoms with Crippen molar-refractivity contribution in [1.82, 2.24) is 9.47 Å². The van der Waals surface area contributed by atoms with Crippen LogP contribution in [-0.2, 0) is 18.4 Å². The van der Waals surface area contributed by atoms with E-state index in [0.29, 0.717) is 38.5 Å². The smallest absolute Gasteiger partial charge is 0.270 e. The maximum absolute atomic E-state index is 13.4. The summed E-state index contributed by atoms with van der Waals surface area (Å²) >= 11 is 6.75. The van der Waals surface area contributed by atoms with Crippen LogP contribution >= 0.6 is 24.0 Å². The maximum Gasteiger partial charge on any atom is 0.270 e. The number of thioether (sulfide) groups is 1. The highest BCUT2D eigenvalue weighted by Crippen LogP contribution is 2.39. The summed E-state index contributed by atoms with van der Waals surface area (Å²) in [5.74, 6) is 0.956. The molecule has 2 aromatic heterocycles. The van der Waals surface area contributed by atoms with Crippen LogP contribution in [-0.4, -0.2) is 19.7 Å². The van der Waals surface area contributed by atoms with Crippen molar-refractivity contribution in [3.8, 4) is 6.07 Å². The first-order valence-corrected chi connectivity index (χ1v) is 11.8. The van der Waals surface area contributed by atoms with Gasteiger partial charge < -0.3 is 9.73 Å². The molecule has 1 N–H and O–H groups in total. The fraction of sp³-hybridized carbons (Fsp3) is 0.200. The molecule has 1 aliphatic rings. The van der Waals surface area contributed by atoms with Crippen LogP contribution in [0.5, 0.6) is 0 Å². The van der Waals surface area contributed by atoms with E-state index in [-0.39, 0.29) is 17.5 Å². The number of nitrogens with zero attached hydrogens (tertiary/aromatic N) is 3. The Morgan fingerprint density at radius 3 is 2.62 bits per heavy atom. The third-order valence-corrected chi connectivity index (χ3v) is 7.11. The number of nitriles is 1. The number of hydrogen-bond donors (Lipinski definition) is 1. The molecule has 1 aromatic carbocycles. The minimum absolute atomic E-state index is 0.0328. The average molecular weight is 491 g/mol. The first-order valence-electron chi connectivity index (χ1n) is 10.6. The van der Waals surface area contributed by atoms with Crippen molar-refractivity contribution < 1.29 is 9.21 Å². The molecule has 1 atom stereocenters. The number of thiocarbonyl (C=S) groups is 1.